The number of nitrogens with zero attached hydrogens (tertiary/aromatic N) is 4. The van der Waals surface area contributed by atoms with Crippen LogP contribution in [0, 0.1) is 17.0 Å². The molecular formula is C59H87F2N7O16S. The van der Waals surface area contributed by atoms with Crippen LogP contribution in [0.15, 0.2) is 66.9 Å². The zero-order chi connectivity index (χ0) is 61.9. The second-order valence-corrected chi connectivity index (χ2v) is 23.0. The van der Waals surface area contributed by atoms with Crippen molar-refractivity contribution < 1.29 is 84.4 Å². The van der Waals surface area contributed by atoms with Crippen molar-refractivity contribution in [3.8, 4) is 11.3 Å². The largest absolute Gasteiger partial charge is 0.444 e. The minimum atomic E-state index is -1.71. The van der Waals surface area contributed by atoms with Crippen molar-refractivity contribution in [3.63, 3.8) is 0 Å². The number of benzene rings is 2. The first-order chi connectivity index (χ1) is 40.7. The normalized spacial score (nSPS) is 13.3. The summed E-state index contributed by atoms with van der Waals surface area (Å²) in [6, 6.07) is 11.9. The number of imide groups is 1. The van der Waals surface area contributed by atoms with Gasteiger partial charge in [0.05, 0.1) is 117 Å². The van der Waals surface area contributed by atoms with E-state index in [0.717, 1.165) is 28.7 Å². The fourth-order valence-electron chi connectivity index (χ4n) is 8.23. The molecule has 0 saturated carbocycles. The molecule has 0 spiro atoms. The number of nitrogens with one attached hydrogen (secondary N) is 3. The number of halogens is 2. The Bertz CT molecular complexity index is 2550. The lowest BCUT2D eigenvalue weighted by Crippen LogP contribution is -2.46. The van der Waals surface area contributed by atoms with Gasteiger partial charge >= 0.3 is 6.09 Å². The fourth-order valence-corrected chi connectivity index (χ4v) is 9.15. The standard InChI is InChI=1S/C59H87F2N7O16S/c1-58(2,3)55(56-65-49(47-41-46(60)13-14-48(47)61)43-66(56)42-45-11-8-7-9-12-45)68(22-10-19-64-57(74)84-59(4,5)6)54(73)44-85(75)40-21-63-51(70)18-24-76-26-28-78-30-32-80-34-36-82-38-39-83-37-35-81-33-31-79-29-27-77-25-20-62-50(69)17-23-67-52(71)15-16-53(67)72/h7-9,11-16,41,43,55H,10,17-40,42,44H2,1-6H3,(H,62,69)(H,63,70)(H,64,74). The molecule has 2 atom stereocenters. The van der Waals surface area contributed by atoms with E-state index in [9.17, 15) is 37.4 Å². The van der Waals surface area contributed by atoms with Crippen LogP contribution in [0.5, 0.6) is 0 Å². The number of alkyl carbamates (subject to hydrolysis) is 1. The quantitative estimate of drug-likeness (QED) is 0.0519. The SMILES string of the molecule is CC(C)(C)OC(=O)NCCCN(C(=O)CS(=O)CCNC(=O)CCOCCOCCOCCOCCOCCOCCOCCOCCNC(=O)CCN1C(=O)C=CC1=O)C(c1nc(-c2cc(F)ccc2F)cn1Cc1ccccc1)C(C)(C)C. The summed E-state index contributed by atoms with van der Waals surface area (Å²) >= 11 is 0. The third-order valence-electron chi connectivity index (χ3n) is 12.2. The second-order valence-electron chi connectivity index (χ2n) is 21.4. The molecule has 474 valence electrons. The topological polar surface area (TPSA) is 263 Å². The monoisotopic (exact) mass is 1220 g/mol. The number of rotatable bonds is 44. The van der Waals surface area contributed by atoms with Crippen LogP contribution in [0.25, 0.3) is 11.3 Å². The summed E-state index contributed by atoms with van der Waals surface area (Å²) < 4.78 is 94.5. The Labute approximate surface area is 499 Å². The number of carbonyl (C=O) groups excluding carboxylic acids is 6. The van der Waals surface area contributed by atoms with Crippen molar-refractivity contribution in [2.75, 3.05) is 150 Å². The zero-order valence-electron chi connectivity index (χ0n) is 50.0. The summed E-state index contributed by atoms with van der Waals surface area (Å²) in [6.45, 7) is 17.6. The van der Waals surface area contributed by atoms with Gasteiger partial charge in [0.15, 0.2) is 0 Å². The van der Waals surface area contributed by atoms with Crippen molar-refractivity contribution >= 4 is 46.4 Å². The number of hydrogen-bond acceptors (Lipinski definition) is 17. The molecular weight excluding hydrogens is 1130 g/mol. The first kappa shape index (κ1) is 71.4. The molecule has 1 aliphatic heterocycles. The van der Waals surface area contributed by atoms with Crippen LogP contribution in [0.4, 0.5) is 13.6 Å². The molecule has 2 unspecified atom stereocenters. The van der Waals surface area contributed by atoms with E-state index < -0.39 is 63.3 Å². The van der Waals surface area contributed by atoms with Gasteiger partial charge in [0.2, 0.25) is 17.7 Å². The van der Waals surface area contributed by atoms with Gasteiger partial charge in [-0.05, 0) is 56.4 Å². The van der Waals surface area contributed by atoms with E-state index in [-0.39, 0.29) is 93.2 Å². The van der Waals surface area contributed by atoms with Gasteiger partial charge in [0, 0.05) is 92.6 Å². The summed E-state index contributed by atoms with van der Waals surface area (Å²) in [7, 11) is -1.71. The first-order valence-corrected chi connectivity index (χ1v) is 30.1. The van der Waals surface area contributed by atoms with Crippen molar-refractivity contribution in [3.05, 3.63) is 89.9 Å². The van der Waals surface area contributed by atoms with Crippen LogP contribution in [0.3, 0.4) is 0 Å². The summed E-state index contributed by atoms with van der Waals surface area (Å²) in [5.74, 6) is -3.18. The summed E-state index contributed by atoms with van der Waals surface area (Å²) in [5, 5.41) is 8.14. The van der Waals surface area contributed by atoms with Gasteiger partial charge in [0.1, 0.15) is 28.8 Å². The molecule has 23 nitrogen and oxygen atoms in total. The first-order valence-electron chi connectivity index (χ1n) is 28.6. The molecule has 1 aliphatic rings. The summed E-state index contributed by atoms with van der Waals surface area (Å²) in [5.41, 5.74) is -0.415. The number of ether oxygens (including phenoxy) is 9. The molecule has 0 aliphatic carbocycles. The van der Waals surface area contributed by atoms with Crippen molar-refractivity contribution in [2.24, 2.45) is 5.41 Å². The van der Waals surface area contributed by atoms with Crippen LogP contribution >= 0.6 is 0 Å². The van der Waals surface area contributed by atoms with E-state index in [2.05, 4.69) is 16.0 Å². The highest BCUT2D eigenvalue weighted by Crippen LogP contribution is 2.40. The molecule has 3 aromatic rings. The molecule has 2 aromatic carbocycles. The maximum atomic E-state index is 15.3. The Morgan fingerprint density at radius 1 is 0.647 bits per heavy atom. The van der Waals surface area contributed by atoms with Crippen molar-refractivity contribution in [1.82, 2.24) is 35.3 Å². The molecule has 4 rings (SSSR count). The highest BCUT2D eigenvalue weighted by Gasteiger charge is 2.39. The predicted octanol–water partition coefficient (Wildman–Crippen LogP) is 4.53. The third kappa shape index (κ3) is 29.7. The van der Waals surface area contributed by atoms with E-state index in [0.29, 0.717) is 111 Å². The molecule has 3 N–H and O–H groups in total. The van der Waals surface area contributed by atoms with Gasteiger partial charge in [-0.15, -0.1) is 0 Å². The Morgan fingerprint density at radius 2 is 1.16 bits per heavy atom. The Kier molecular flexibility index (Phi) is 33.2. The van der Waals surface area contributed by atoms with Gasteiger partial charge in [-0.2, -0.15) is 0 Å². The fraction of sp³-hybridized carbons (Fsp3) is 0.610. The lowest BCUT2D eigenvalue weighted by molar-refractivity contribution is -0.137. The molecule has 0 fully saturated rings. The molecule has 0 bridgehead atoms. The second kappa shape index (κ2) is 39.6. The molecule has 0 saturated heterocycles. The van der Waals surface area contributed by atoms with Crippen molar-refractivity contribution in [2.45, 2.75) is 79.0 Å². The van der Waals surface area contributed by atoms with Crippen molar-refractivity contribution in [1.29, 1.82) is 0 Å². The summed E-state index contributed by atoms with van der Waals surface area (Å²) in [4.78, 5) is 82.0. The number of imidazole rings is 1. The van der Waals surface area contributed by atoms with Crippen LogP contribution in [0.1, 0.15) is 78.2 Å². The number of carbonyl (C=O) groups is 6. The average Bonchev–Trinajstić information content (AvgIpc) is 4.01. The molecule has 6 amide bonds. The lowest BCUT2D eigenvalue weighted by atomic mass is 9.84. The maximum Gasteiger partial charge on any atom is 0.407 e. The number of aromatic nitrogens is 2. The van der Waals surface area contributed by atoms with E-state index >= 15 is 4.39 Å². The van der Waals surface area contributed by atoms with Gasteiger partial charge in [-0.1, -0.05) is 51.1 Å². The van der Waals surface area contributed by atoms with E-state index in [1.54, 1.807) is 31.9 Å². The maximum absolute atomic E-state index is 15.3. The summed E-state index contributed by atoms with van der Waals surface area (Å²) in [6.07, 6.45) is 3.76. The van der Waals surface area contributed by atoms with E-state index in [1.807, 2.05) is 55.7 Å². The highest BCUT2D eigenvalue weighted by atomic mass is 32.2. The highest BCUT2D eigenvalue weighted by molar-refractivity contribution is 7.85. The van der Waals surface area contributed by atoms with Gasteiger partial charge < -0.3 is 68.0 Å². The number of amides is 6. The lowest BCUT2D eigenvalue weighted by Gasteiger charge is -2.40. The third-order valence-corrected chi connectivity index (χ3v) is 13.4. The molecule has 85 heavy (non-hydrogen) atoms. The Balaban J connectivity index is 1.04. The van der Waals surface area contributed by atoms with Crippen LogP contribution in [-0.2, 0) is 83.9 Å². The molecule has 1 aromatic heterocycles. The minimum absolute atomic E-state index is 0.00310. The molecule has 2 heterocycles. The van der Waals surface area contributed by atoms with Crippen LogP contribution in [0.2, 0.25) is 0 Å². The van der Waals surface area contributed by atoms with Gasteiger partial charge in [-0.25, -0.2) is 18.6 Å². The van der Waals surface area contributed by atoms with Crippen LogP contribution < -0.4 is 16.0 Å². The van der Waals surface area contributed by atoms with Crippen LogP contribution in [-0.4, -0.2) is 215 Å². The van der Waals surface area contributed by atoms with Gasteiger partial charge in [-0.3, -0.25) is 33.1 Å². The zero-order valence-corrected chi connectivity index (χ0v) is 50.8. The Hall–Kier alpha value is -6.10. The number of hydrogen-bond donors (Lipinski definition) is 3. The van der Waals surface area contributed by atoms with E-state index in [1.165, 1.54) is 12.2 Å². The Morgan fingerprint density at radius 3 is 1.71 bits per heavy atom. The average molecular weight is 1220 g/mol. The minimum Gasteiger partial charge on any atom is -0.444 e. The van der Waals surface area contributed by atoms with E-state index in [4.69, 9.17) is 47.6 Å². The van der Waals surface area contributed by atoms with Gasteiger partial charge in [0.25, 0.3) is 11.8 Å². The smallest absolute Gasteiger partial charge is 0.407 e. The molecule has 26 heteroatoms. The predicted molar refractivity (Wildman–Crippen MR) is 311 cm³/mol. The molecule has 0 radical (unpaired) electrons.